The Hall–Kier alpha value is -0.940. The molecule has 1 aliphatic rings. The number of hydrogen-bond donors (Lipinski definition) is 1. The molecule has 1 aliphatic heterocycles. The van der Waals surface area contributed by atoms with Gasteiger partial charge in [0.05, 0.1) is 6.54 Å². The van der Waals surface area contributed by atoms with Crippen molar-refractivity contribution in [3.8, 4) is 0 Å². The maximum atomic E-state index is 4.17. The van der Waals surface area contributed by atoms with Crippen molar-refractivity contribution in [1.82, 2.24) is 25.2 Å². The van der Waals surface area contributed by atoms with E-state index in [1.54, 1.807) is 0 Å². The third kappa shape index (κ3) is 2.66. The van der Waals surface area contributed by atoms with Crippen LogP contribution in [0.4, 0.5) is 0 Å². The van der Waals surface area contributed by atoms with Gasteiger partial charge in [0, 0.05) is 19.1 Å². The third-order valence-electron chi connectivity index (χ3n) is 3.80. The largest absolute Gasteiger partial charge is 0.317 e. The number of hydrazine groups is 1. The normalized spacial score (nSPS) is 26.4. The van der Waals surface area contributed by atoms with Gasteiger partial charge in [-0.25, -0.2) is 10.4 Å². The van der Waals surface area contributed by atoms with Crippen molar-refractivity contribution >= 4 is 0 Å². The summed E-state index contributed by atoms with van der Waals surface area (Å²) < 4.78 is 2.03. The summed E-state index contributed by atoms with van der Waals surface area (Å²) in [5.74, 6) is 1.95. The lowest BCUT2D eigenvalue weighted by atomic mass is 10.00. The van der Waals surface area contributed by atoms with Gasteiger partial charge in [0.2, 0.25) is 0 Å². The maximum Gasteiger partial charge on any atom is 0.148 e. The fourth-order valence-corrected chi connectivity index (χ4v) is 2.50. The number of rotatable bonds is 3. The molecule has 2 rings (SSSR count). The van der Waals surface area contributed by atoms with Gasteiger partial charge in [0.25, 0.3) is 0 Å². The zero-order valence-electron chi connectivity index (χ0n) is 11.3. The molecule has 0 radical (unpaired) electrons. The van der Waals surface area contributed by atoms with Crippen LogP contribution in [0.1, 0.15) is 44.8 Å². The van der Waals surface area contributed by atoms with E-state index in [1.165, 1.54) is 19.3 Å². The van der Waals surface area contributed by atoms with Crippen LogP contribution in [0.15, 0.2) is 0 Å². The highest BCUT2D eigenvalue weighted by molar-refractivity contribution is 4.92. The highest BCUT2D eigenvalue weighted by Crippen LogP contribution is 2.20. The van der Waals surface area contributed by atoms with Gasteiger partial charge in [-0.1, -0.05) is 6.42 Å². The first-order chi connectivity index (χ1) is 8.09. The summed E-state index contributed by atoms with van der Waals surface area (Å²) in [7, 11) is 2.01. The van der Waals surface area contributed by atoms with Gasteiger partial charge in [-0.3, -0.25) is 0 Å². The fourth-order valence-electron chi connectivity index (χ4n) is 2.50. The van der Waals surface area contributed by atoms with Crippen LogP contribution in [-0.2, 0) is 13.6 Å². The smallest absolute Gasteiger partial charge is 0.148 e. The molecule has 17 heavy (non-hydrogen) atoms. The van der Waals surface area contributed by atoms with E-state index in [2.05, 4.69) is 34.5 Å². The lowest BCUT2D eigenvalue weighted by Crippen LogP contribution is -2.51. The summed E-state index contributed by atoms with van der Waals surface area (Å²) >= 11 is 0. The Morgan fingerprint density at radius 1 is 1.24 bits per heavy atom. The lowest BCUT2D eigenvalue weighted by Gasteiger charge is -2.38. The highest BCUT2D eigenvalue weighted by Gasteiger charge is 2.24. The van der Waals surface area contributed by atoms with Gasteiger partial charge in [-0.2, -0.15) is 0 Å². The second-order valence-electron chi connectivity index (χ2n) is 5.09. The van der Waals surface area contributed by atoms with E-state index < -0.39 is 0 Å². The van der Waals surface area contributed by atoms with Gasteiger partial charge in [0.15, 0.2) is 0 Å². The molecule has 5 nitrogen and oxygen atoms in total. The number of nitrogens with zero attached hydrogens (tertiary/aromatic N) is 4. The van der Waals surface area contributed by atoms with Crippen LogP contribution >= 0.6 is 0 Å². The molecule has 1 fully saturated rings. The van der Waals surface area contributed by atoms with Gasteiger partial charge in [-0.05, 0) is 33.6 Å². The van der Waals surface area contributed by atoms with Gasteiger partial charge in [-0.15, -0.1) is 10.2 Å². The van der Waals surface area contributed by atoms with Crippen molar-refractivity contribution in [2.24, 2.45) is 7.05 Å². The van der Waals surface area contributed by atoms with Crippen LogP contribution in [0.5, 0.6) is 0 Å². The van der Waals surface area contributed by atoms with E-state index in [1.807, 2.05) is 18.5 Å². The van der Waals surface area contributed by atoms with Crippen LogP contribution < -0.4 is 5.43 Å². The summed E-state index contributed by atoms with van der Waals surface area (Å²) in [4.78, 5) is 0. The molecule has 96 valence electrons. The molecular formula is C12H23N5. The van der Waals surface area contributed by atoms with Crippen LogP contribution in [0.25, 0.3) is 0 Å². The molecule has 2 unspecified atom stereocenters. The Bertz CT molecular complexity index is 363. The number of aryl methyl sites for hydroxylation is 1. The number of piperidine rings is 1. The molecule has 0 amide bonds. The molecule has 1 N–H and O–H groups in total. The summed E-state index contributed by atoms with van der Waals surface area (Å²) in [6, 6.07) is 1.21. The van der Waals surface area contributed by atoms with Crippen molar-refractivity contribution in [2.75, 3.05) is 0 Å². The maximum absolute atomic E-state index is 4.17. The highest BCUT2D eigenvalue weighted by atomic mass is 15.5. The first-order valence-electron chi connectivity index (χ1n) is 6.46. The molecule has 0 aliphatic carbocycles. The van der Waals surface area contributed by atoms with Crippen molar-refractivity contribution in [3.63, 3.8) is 0 Å². The Kier molecular flexibility index (Phi) is 3.79. The average Bonchev–Trinajstić information content (AvgIpc) is 2.60. The van der Waals surface area contributed by atoms with Gasteiger partial charge < -0.3 is 4.57 Å². The van der Waals surface area contributed by atoms with Crippen LogP contribution in [0.2, 0.25) is 0 Å². The van der Waals surface area contributed by atoms with E-state index in [0.29, 0.717) is 12.1 Å². The summed E-state index contributed by atoms with van der Waals surface area (Å²) in [6.07, 6.45) is 3.88. The fraction of sp³-hybridized carbons (Fsp3) is 0.833. The number of hydrogen-bond acceptors (Lipinski definition) is 4. The van der Waals surface area contributed by atoms with Gasteiger partial charge >= 0.3 is 0 Å². The Balaban J connectivity index is 1.95. The topological polar surface area (TPSA) is 46.0 Å². The second-order valence-corrected chi connectivity index (χ2v) is 5.09. The first-order valence-corrected chi connectivity index (χ1v) is 6.46. The van der Waals surface area contributed by atoms with Crippen LogP contribution in [-0.4, -0.2) is 31.9 Å². The van der Waals surface area contributed by atoms with E-state index in [4.69, 9.17) is 0 Å². The molecule has 2 heterocycles. The molecule has 0 bridgehead atoms. The minimum atomic E-state index is 0.605. The average molecular weight is 237 g/mol. The molecular weight excluding hydrogens is 214 g/mol. The zero-order valence-corrected chi connectivity index (χ0v) is 11.3. The molecule has 5 heteroatoms. The molecule has 0 aromatic carbocycles. The van der Waals surface area contributed by atoms with Crippen molar-refractivity contribution < 1.29 is 0 Å². The Morgan fingerprint density at radius 3 is 2.41 bits per heavy atom. The molecule has 0 saturated carbocycles. The number of aromatic nitrogens is 3. The van der Waals surface area contributed by atoms with E-state index in [0.717, 1.165) is 18.2 Å². The monoisotopic (exact) mass is 237 g/mol. The molecule has 1 aromatic rings. The Morgan fingerprint density at radius 2 is 1.88 bits per heavy atom. The standard InChI is InChI=1S/C12H23N5/c1-9-6-5-7-10(2)17(9)13-8-12-15-14-11(3)16(12)4/h9-10,13H,5-8H2,1-4H3. The summed E-state index contributed by atoms with van der Waals surface area (Å²) in [6.45, 7) is 7.30. The van der Waals surface area contributed by atoms with Crippen LogP contribution in [0, 0.1) is 6.92 Å². The Labute approximate surface area is 103 Å². The molecule has 1 saturated heterocycles. The summed E-state index contributed by atoms with van der Waals surface area (Å²) in [5.41, 5.74) is 3.50. The van der Waals surface area contributed by atoms with Crippen molar-refractivity contribution in [1.29, 1.82) is 0 Å². The van der Waals surface area contributed by atoms with Crippen molar-refractivity contribution in [2.45, 2.75) is 58.7 Å². The van der Waals surface area contributed by atoms with E-state index >= 15 is 0 Å². The lowest BCUT2D eigenvalue weighted by molar-refractivity contribution is 0.0423. The minimum absolute atomic E-state index is 0.605. The third-order valence-corrected chi connectivity index (χ3v) is 3.80. The van der Waals surface area contributed by atoms with E-state index in [9.17, 15) is 0 Å². The second kappa shape index (κ2) is 5.14. The quantitative estimate of drug-likeness (QED) is 0.863. The molecule has 1 aromatic heterocycles. The van der Waals surface area contributed by atoms with Gasteiger partial charge in [0.1, 0.15) is 11.6 Å². The predicted molar refractivity (Wildman–Crippen MR) is 67.2 cm³/mol. The van der Waals surface area contributed by atoms with E-state index in [-0.39, 0.29) is 0 Å². The molecule has 2 atom stereocenters. The number of nitrogens with one attached hydrogen (secondary N) is 1. The minimum Gasteiger partial charge on any atom is -0.317 e. The summed E-state index contributed by atoms with van der Waals surface area (Å²) in [5, 5.41) is 10.6. The van der Waals surface area contributed by atoms with Crippen LogP contribution in [0.3, 0.4) is 0 Å². The molecule has 0 spiro atoms. The predicted octanol–water partition coefficient (Wildman–Crippen LogP) is 1.39. The first kappa shape index (κ1) is 12.5. The SMILES string of the molecule is Cc1nnc(CNN2C(C)CCCC2C)n1C. The zero-order chi connectivity index (χ0) is 12.4. The van der Waals surface area contributed by atoms with Crippen molar-refractivity contribution in [3.05, 3.63) is 11.6 Å².